The van der Waals surface area contributed by atoms with Crippen molar-refractivity contribution in [3.8, 4) is 12.3 Å². The van der Waals surface area contributed by atoms with Crippen molar-refractivity contribution in [2.24, 2.45) is 0 Å². The fraction of sp³-hybridized carbons (Fsp3) is 0.375. The third-order valence-corrected chi connectivity index (χ3v) is 3.77. The van der Waals surface area contributed by atoms with Gasteiger partial charge in [0.1, 0.15) is 13.2 Å². The molecule has 0 radical (unpaired) electrons. The molecular formula is C16H19N5O6S. The summed E-state index contributed by atoms with van der Waals surface area (Å²) in [7, 11) is 0. The van der Waals surface area contributed by atoms with E-state index in [1.165, 1.54) is 6.20 Å². The highest BCUT2D eigenvalue weighted by Crippen LogP contribution is 2.25. The first-order valence-corrected chi connectivity index (χ1v) is 9.12. The zero-order valence-electron chi connectivity index (χ0n) is 15.0. The van der Waals surface area contributed by atoms with Crippen molar-refractivity contribution in [2.45, 2.75) is 5.03 Å². The maximum atomic E-state index is 12.0. The van der Waals surface area contributed by atoms with E-state index in [0.717, 1.165) is 17.8 Å². The van der Waals surface area contributed by atoms with Crippen LogP contribution in [0.5, 0.6) is 0 Å². The number of thioether (sulfide) groups is 1. The Kier molecular flexibility index (Phi) is 10.0. The summed E-state index contributed by atoms with van der Waals surface area (Å²) in [6, 6.07) is 1.14. The van der Waals surface area contributed by atoms with Crippen LogP contribution in [-0.4, -0.2) is 66.7 Å². The maximum Gasteiger partial charge on any atom is 0.302 e. The van der Waals surface area contributed by atoms with Gasteiger partial charge in [-0.25, -0.2) is 4.98 Å². The second-order valence-electron chi connectivity index (χ2n) is 5.09. The van der Waals surface area contributed by atoms with Crippen LogP contribution in [0, 0.1) is 22.5 Å². The summed E-state index contributed by atoms with van der Waals surface area (Å²) in [5.74, 6) is 0.763. The molecule has 150 valence electrons. The maximum absolute atomic E-state index is 12.0. The highest BCUT2D eigenvalue weighted by molar-refractivity contribution is 7.98. The number of carbonyl (C=O) groups is 3. The molecule has 0 aliphatic rings. The highest BCUT2D eigenvalue weighted by Gasteiger charge is 2.18. The lowest BCUT2D eigenvalue weighted by Gasteiger charge is -2.08. The lowest BCUT2D eigenvalue weighted by molar-refractivity contribution is -0.388. The topological polar surface area (TPSA) is 153 Å². The first kappa shape index (κ1) is 22.9. The van der Waals surface area contributed by atoms with Gasteiger partial charge in [-0.05, 0) is 6.26 Å². The molecule has 1 rings (SSSR count). The van der Waals surface area contributed by atoms with E-state index < -0.39 is 22.6 Å². The fourth-order valence-electron chi connectivity index (χ4n) is 1.82. The largest absolute Gasteiger partial charge is 0.362 e. The van der Waals surface area contributed by atoms with Crippen molar-refractivity contribution in [1.29, 1.82) is 0 Å². The molecule has 1 aromatic rings. The third-order valence-electron chi connectivity index (χ3n) is 3.07. The van der Waals surface area contributed by atoms with Gasteiger partial charge in [0.05, 0.1) is 17.0 Å². The fourth-order valence-corrected chi connectivity index (χ4v) is 2.32. The van der Waals surface area contributed by atoms with Gasteiger partial charge < -0.3 is 20.7 Å². The number of nitrogens with zero attached hydrogens (tertiary/aromatic N) is 2. The van der Waals surface area contributed by atoms with Crippen molar-refractivity contribution >= 4 is 35.2 Å². The van der Waals surface area contributed by atoms with Crippen LogP contribution < -0.4 is 16.0 Å². The van der Waals surface area contributed by atoms with Gasteiger partial charge in [-0.15, -0.1) is 18.2 Å². The number of pyridine rings is 1. The van der Waals surface area contributed by atoms with Gasteiger partial charge in [0, 0.05) is 25.4 Å². The van der Waals surface area contributed by atoms with Gasteiger partial charge in [0.2, 0.25) is 11.8 Å². The van der Waals surface area contributed by atoms with Crippen molar-refractivity contribution in [3.05, 3.63) is 27.9 Å². The van der Waals surface area contributed by atoms with Crippen molar-refractivity contribution in [1.82, 2.24) is 20.9 Å². The molecular weight excluding hydrogens is 390 g/mol. The van der Waals surface area contributed by atoms with Crippen molar-refractivity contribution in [3.63, 3.8) is 0 Å². The summed E-state index contributed by atoms with van der Waals surface area (Å²) < 4.78 is 4.91. The predicted octanol–water partition coefficient (Wildman–Crippen LogP) is -0.676. The van der Waals surface area contributed by atoms with Gasteiger partial charge in [-0.2, -0.15) is 0 Å². The van der Waals surface area contributed by atoms with Crippen molar-refractivity contribution in [2.75, 3.05) is 39.1 Å². The molecule has 0 saturated heterocycles. The summed E-state index contributed by atoms with van der Waals surface area (Å²) in [6.07, 6.45) is 7.87. The quantitative estimate of drug-likeness (QED) is 0.143. The molecule has 28 heavy (non-hydrogen) atoms. The van der Waals surface area contributed by atoms with Crippen LogP contribution in [0.3, 0.4) is 0 Å². The number of nitrogens with one attached hydrogen (secondary N) is 3. The van der Waals surface area contributed by atoms with Crippen LogP contribution in [-0.2, 0) is 14.3 Å². The standard InChI is InChI=1S/C16H19N5O6S/c1-3-4-17-13(22)9-27-10-14(23)18-5-6-19-15(24)11-7-12(21(25)26)16(28-2)20-8-11/h1,7-8H,4-6,9-10H2,2H3,(H,17,22)(H,18,23)(H,19,24). The Hall–Kier alpha value is -3.17. The Bertz CT molecular complexity index is 779. The number of hydrogen-bond donors (Lipinski definition) is 3. The smallest absolute Gasteiger partial charge is 0.302 e. The molecule has 12 heteroatoms. The minimum Gasteiger partial charge on any atom is -0.362 e. The van der Waals surface area contributed by atoms with Crippen LogP contribution in [0.1, 0.15) is 10.4 Å². The molecule has 1 aromatic heterocycles. The molecule has 0 aliphatic heterocycles. The summed E-state index contributed by atoms with van der Waals surface area (Å²) in [5.41, 5.74) is -0.214. The molecule has 0 atom stereocenters. The summed E-state index contributed by atoms with van der Waals surface area (Å²) >= 11 is 1.10. The Balaban J connectivity index is 2.32. The summed E-state index contributed by atoms with van der Waals surface area (Å²) in [6.45, 7) is -0.360. The lowest BCUT2D eigenvalue weighted by atomic mass is 10.2. The van der Waals surface area contributed by atoms with Gasteiger partial charge in [0.15, 0.2) is 5.03 Å². The van der Waals surface area contributed by atoms with Crippen LogP contribution in [0.25, 0.3) is 0 Å². The number of amides is 3. The third kappa shape index (κ3) is 8.02. The molecule has 0 spiro atoms. The van der Waals surface area contributed by atoms with Crippen molar-refractivity contribution < 1.29 is 24.0 Å². The summed E-state index contributed by atoms with van der Waals surface area (Å²) in [5, 5.41) is 18.6. The SMILES string of the molecule is C#CCNC(=O)COCC(=O)NCCNC(=O)c1cnc(SC)c([N+](=O)[O-])c1. The Morgan fingerprint density at radius 1 is 1.25 bits per heavy atom. The number of nitro groups is 1. The Morgan fingerprint density at radius 3 is 2.50 bits per heavy atom. The van der Waals surface area contributed by atoms with E-state index in [1.54, 1.807) is 6.26 Å². The molecule has 0 aromatic carbocycles. The van der Waals surface area contributed by atoms with E-state index in [0.29, 0.717) is 0 Å². The van der Waals surface area contributed by atoms with E-state index in [2.05, 4.69) is 26.9 Å². The predicted molar refractivity (Wildman–Crippen MR) is 101 cm³/mol. The number of hydrogen-bond acceptors (Lipinski definition) is 8. The van der Waals surface area contributed by atoms with Gasteiger partial charge in [-0.3, -0.25) is 24.5 Å². The second-order valence-corrected chi connectivity index (χ2v) is 5.88. The van der Waals surface area contributed by atoms with E-state index in [-0.39, 0.29) is 49.1 Å². The van der Waals surface area contributed by atoms with Crippen LogP contribution in [0.4, 0.5) is 5.69 Å². The normalized spacial score (nSPS) is 9.86. The van der Waals surface area contributed by atoms with Crippen LogP contribution in [0.15, 0.2) is 17.3 Å². The second kappa shape index (κ2) is 12.3. The molecule has 3 amide bonds. The monoisotopic (exact) mass is 409 g/mol. The minimum atomic E-state index is -0.608. The van der Waals surface area contributed by atoms with Gasteiger partial charge >= 0.3 is 5.69 Å². The van der Waals surface area contributed by atoms with E-state index in [1.807, 2.05) is 0 Å². The van der Waals surface area contributed by atoms with E-state index >= 15 is 0 Å². The summed E-state index contributed by atoms with van der Waals surface area (Å²) in [4.78, 5) is 49.0. The first-order chi connectivity index (χ1) is 13.4. The molecule has 0 unspecified atom stereocenters. The molecule has 3 N–H and O–H groups in total. The Morgan fingerprint density at radius 2 is 1.89 bits per heavy atom. The number of ether oxygens (including phenoxy) is 1. The highest BCUT2D eigenvalue weighted by atomic mass is 32.2. The Labute approximate surface area is 165 Å². The van der Waals surface area contributed by atoms with Crippen LogP contribution >= 0.6 is 11.8 Å². The number of aromatic nitrogens is 1. The molecule has 0 fully saturated rings. The minimum absolute atomic E-state index is 0.0390. The zero-order valence-corrected chi connectivity index (χ0v) is 15.8. The van der Waals surface area contributed by atoms with Gasteiger partial charge in [0.25, 0.3) is 5.91 Å². The first-order valence-electron chi connectivity index (χ1n) is 7.90. The number of carbonyl (C=O) groups excluding carboxylic acids is 3. The molecule has 1 heterocycles. The van der Waals surface area contributed by atoms with E-state index in [9.17, 15) is 24.5 Å². The average molecular weight is 409 g/mol. The molecule has 0 saturated carbocycles. The van der Waals surface area contributed by atoms with Gasteiger partial charge in [-0.1, -0.05) is 5.92 Å². The average Bonchev–Trinajstić information content (AvgIpc) is 2.68. The number of terminal acetylenes is 1. The number of rotatable bonds is 11. The molecule has 11 nitrogen and oxygen atoms in total. The zero-order chi connectivity index (χ0) is 20.9. The molecule has 0 aliphatic carbocycles. The van der Waals surface area contributed by atoms with Crippen LogP contribution in [0.2, 0.25) is 0 Å². The van der Waals surface area contributed by atoms with E-state index in [4.69, 9.17) is 11.2 Å². The molecule has 0 bridgehead atoms. The lowest BCUT2D eigenvalue weighted by Crippen LogP contribution is -2.37.